The highest BCUT2D eigenvalue weighted by molar-refractivity contribution is 7.98. The van der Waals surface area contributed by atoms with E-state index in [0.29, 0.717) is 25.3 Å². The van der Waals surface area contributed by atoms with Crippen molar-refractivity contribution < 1.29 is 4.79 Å². The van der Waals surface area contributed by atoms with Gasteiger partial charge in [-0.05, 0) is 19.6 Å². The average molecular weight is 328 g/mol. The number of aromatic amines is 1. The number of amides is 1. The van der Waals surface area contributed by atoms with E-state index >= 15 is 0 Å². The first kappa shape index (κ1) is 18.3. The van der Waals surface area contributed by atoms with Crippen molar-refractivity contribution in [2.75, 3.05) is 29.2 Å². The van der Waals surface area contributed by atoms with Crippen molar-refractivity contribution in [1.82, 2.24) is 9.55 Å². The molecule has 0 saturated heterocycles. The molecule has 1 heterocycles. The molecule has 7 nitrogen and oxygen atoms in total. The molecule has 0 aromatic carbocycles. The lowest BCUT2D eigenvalue weighted by Crippen LogP contribution is -2.41. The van der Waals surface area contributed by atoms with E-state index in [2.05, 4.69) is 4.98 Å². The van der Waals surface area contributed by atoms with Crippen LogP contribution in [0.1, 0.15) is 33.1 Å². The normalized spacial score (nSPS) is 10.7. The van der Waals surface area contributed by atoms with Gasteiger partial charge in [-0.2, -0.15) is 11.8 Å². The van der Waals surface area contributed by atoms with Crippen LogP contribution in [0.5, 0.6) is 0 Å². The number of nitrogens with one attached hydrogen (secondary N) is 1. The molecule has 0 aliphatic rings. The molecule has 1 aromatic heterocycles. The highest BCUT2D eigenvalue weighted by atomic mass is 32.2. The van der Waals surface area contributed by atoms with Gasteiger partial charge in [-0.25, -0.2) is 4.79 Å². The standard InChI is InChI=1S/C14H24N4O3S/c1-4-6-8-18-12(15)11(13(20)16-14(18)21)17(5-2)10(19)7-9-22-3/h4-9,15H2,1-3H3,(H,16,20,21). The van der Waals surface area contributed by atoms with Gasteiger partial charge >= 0.3 is 5.69 Å². The predicted molar refractivity (Wildman–Crippen MR) is 91.7 cm³/mol. The lowest BCUT2D eigenvalue weighted by molar-refractivity contribution is -0.118. The van der Waals surface area contributed by atoms with Crippen molar-refractivity contribution in [2.24, 2.45) is 0 Å². The number of carbonyl (C=O) groups is 1. The molecule has 1 aromatic rings. The molecule has 0 bridgehead atoms. The summed E-state index contributed by atoms with van der Waals surface area (Å²) in [7, 11) is 0. The lowest BCUT2D eigenvalue weighted by atomic mass is 10.3. The van der Waals surface area contributed by atoms with Crippen LogP contribution in [0.25, 0.3) is 0 Å². The summed E-state index contributed by atoms with van der Waals surface area (Å²) in [5, 5.41) is 0. The van der Waals surface area contributed by atoms with E-state index in [0.717, 1.165) is 12.8 Å². The molecule has 22 heavy (non-hydrogen) atoms. The number of carbonyl (C=O) groups excluding carboxylic acids is 1. The van der Waals surface area contributed by atoms with Crippen LogP contribution < -0.4 is 21.9 Å². The number of anilines is 2. The average Bonchev–Trinajstić information content (AvgIpc) is 2.48. The lowest BCUT2D eigenvalue weighted by Gasteiger charge is -2.23. The maximum Gasteiger partial charge on any atom is 0.330 e. The minimum atomic E-state index is -0.616. The summed E-state index contributed by atoms with van der Waals surface area (Å²) < 4.78 is 1.32. The summed E-state index contributed by atoms with van der Waals surface area (Å²) in [6.45, 7) is 4.52. The number of thioether (sulfide) groups is 1. The highest BCUT2D eigenvalue weighted by Gasteiger charge is 2.22. The Morgan fingerprint density at radius 1 is 1.36 bits per heavy atom. The minimum absolute atomic E-state index is 0.0570. The van der Waals surface area contributed by atoms with Crippen molar-refractivity contribution in [3.63, 3.8) is 0 Å². The molecule has 0 unspecified atom stereocenters. The molecule has 1 rings (SSSR count). The molecule has 0 aliphatic carbocycles. The number of nitrogens with zero attached hydrogens (tertiary/aromatic N) is 2. The first-order chi connectivity index (χ1) is 10.5. The quantitative estimate of drug-likeness (QED) is 0.742. The first-order valence-corrected chi connectivity index (χ1v) is 8.79. The number of aromatic nitrogens is 2. The van der Waals surface area contributed by atoms with Crippen LogP contribution in [0.3, 0.4) is 0 Å². The van der Waals surface area contributed by atoms with Crippen LogP contribution in [-0.2, 0) is 11.3 Å². The van der Waals surface area contributed by atoms with Crippen molar-refractivity contribution in [1.29, 1.82) is 0 Å². The smallest absolute Gasteiger partial charge is 0.330 e. The summed E-state index contributed by atoms with van der Waals surface area (Å²) in [4.78, 5) is 39.9. The third-order valence-corrected chi connectivity index (χ3v) is 3.97. The summed E-state index contributed by atoms with van der Waals surface area (Å²) in [5.74, 6) is 0.555. The topological polar surface area (TPSA) is 101 Å². The fraction of sp³-hybridized carbons (Fsp3) is 0.643. The second-order valence-electron chi connectivity index (χ2n) is 4.88. The van der Waals surface area contributed by atoms with Crippen LogP contribution in [-0.4, -0.2) is 34.0 Å². The van der Waals surface area contributed by atoms with Gasteiger partial charge in [0.2, 0.25) is 5.91 Å². The van der Waals surface area contributed by atoms with Gasteiger partial charge < -0.3 is 10.6 Å². The second-order valence-corrected chi connectivity index (χ2v) is 5.86. The molecular weight excluding hydrogens is 304 g/mol. The largest absolute Gasteiger partial charge is 0.383 e. The van der Waals surface area contributed by atoms with Crippen LogP contribution >= 0.6 is 11.8 Å². The van der Waals surface area contributed by atoms with E-state index in [1.807, 2.05) is 13.2 Å². The monoisotopic (exact) mass is 328 g/mol. The Hall–Kier alpha value is -1.70. The maximum absolute atomic E-state index is 12.3. The van der Waals surface area contributed by atoms with E-state index < -0.39 is 11.2 Å². The molecule has 1 amide bonds. The number of rotatable bonds is 8. The van der Waals surface area contributed by atoms with Crippen LogP contribution in [0.4, 0.5) is 11.5 Å². The summed E-state index contributed by atoms with van der Waals surface area (Å²) >= 11 is 1.56. The van der Waals surface area contributed by atoms with Gasteiger partial charge in [0, 0.05) is 25.3 Å². The van der Waals surface area contributed by atoms with E-state index in [9.17, 15) is 14.4 Å². The van der Waals surface area contributed by atoms with Gasteiger partial charge in [0.25, 0.3) is 5.56 Å². The van der Waals surface area contributed by atoms with Crippen molar-refractivity contribution in [3.8, 4) is 0 Å². The Morgan fingerprint density at radius 3 is 2.59 bits per heavy atom. The molecule has 0 fully saturated rings. The van der Waals surface area contributed by atoms with Crippen LogP contribution in [0.2, 0.25) is 0 Å². The second kappa shape index (κ2) is 8.67. The van der Waals surface area contributed by atoms with Gasteiger partial charge in [0.15, 0.2) is 5.69 Å². The molecule has 3 N–H and O–H groups in total. The highest BCUT2D eigenvalue weighted by Crippen LogP contribution is 2.18. The minimum Gasteiger partial charge on any atom is -0.383 e. The van der Waals surface area contributed by atoms with Gasteiger partial charge in [0.1, 0.15) is 5.82 Å². The first-order valence-electron chi connectivity index (χ1n) is 7.39. The number of hydrogen-bond acceptors (Lipinski definition) is 5. The van der Waals surface area contributed by atoms with E-state index in [1.54, 1.807) is 18.7 Å². The van der Waals surface area contributed by atoms with Crippen molar-refractivity contribution >= 4 is 29.2 Å². The van der Waals surface area contributed by atoms with Crippen molar-refractivity contribution in [2.45, 2.75) is 39.7 Å². The Bertz CT molecular complexity index is 623. The zero-order chi connectivity index (χ0) is 16.7. The van der Waals surface area contributed by atoms with Crippen LogP contribution in [0.15, 0.2) is 9.59 Å². The SMILES string of the molecule is CCCCn1c(N)c(N(CC)C(=O)CCSC)c(=O)[nH]c1=O. The molecule has 124 valence electrons. The van der Waals surface area contributed by atoms with Gasteiger partial charge in [-0.3, -0.25) is 19.1 Å². The summed E-state index contributed by atoms with van der Waals surface area (Å²) in [5.41, 5.74) is 4.93. The van der Waals surface area contributed by atoms with Gasteiger partial charge in [-0.1, -0.05) is 13.3 Å². The Balaban J connectivity index is 3.29. The van der Waals surface area contributed by atoms with Gasteiger partial charge in [0.05, 0.1) is 0 Å². The number of nitrogens with two attached hydrogens (primary N) is 1. The molecule has 0 spiro atoms. The number of unbranched alkanes of at least 4 members (excludes halogenated alkanes) is 1. The Labute approximate surface area is 133 Å². The zero-order valence-electron chi connectivity index (χ0n) is 13.3. The number of H-pyrrole nitrogens is 1. The molecular formula is C14H24N4O3S. The zero-order valence-corrected chi connectivity index (χ0v) is 14.2. The molecule has 0 saturated carbocycles. The van der Waals surface area contributed by atoms with Crippen molar-refractivity contribution in [3.05, 3.63) is 20.8 Å². The molecule has 0 aliphatic heterocycles. The molecule has 0 atom stereocenters. The predicted octanol–water partition coefficient (Wildman–Crippen LogP) is 1.02. The number of nitrogen functional groups attached to an aromatic ring is 1. The fourth-order valence-corrected chi connectivity index (χ4v) is 2.54. The fourth-order valence-electron chi connectivity index (χ4n) is 2.16. The number of hydrogen-bond donors (Lipinski definition) is 2. The summed E-state index contributed by atoms with van der Waals surface area (Å²) in [6.07, 6.45) is 3.89. The Morgan fingerprint density at radius 2 is 2.05 bits per heavy atom. The van der Waals surface area contributed by atoms with E-state index in [4.69, 9.17) is 5.73 Å². The van der Waals surface area contributed by atoms with Gasteiger partial charge in [-0.15, -0.1) is 0 Å². The summed E-state index contributed by atoms with van der Waals surface area (Å²) in [6, 6.07) is 0. The van der Waals surface area contributed by atoms with E-state index in [-0.39, 0.29) is 17.4 Å². The van der Waals surface area contributed by atoms with E-state index in [1.165, 1.54) is 9.47 Å². The Kier molecular flexibility index (Phi) is 7.23. The third-order valence-electron chi connectivity index (χ3n) is 3.36. The maximum atomic E-state index is 12.3. The third kappa shape index (κ3) is 4.16. The van der Waals surface area contributed by atoms with Crippen LogP contribution in [0, 0.1) is 0 Å². The molecule has 8 heteroatoms. The molecule has 0 radical (unpaired) electrons.